The van der Waals surface area contributed by atoms with Gasteiger partial charge in [-0.3, -0.25) is 14.5 Å². The molecule has 0 saturated carbocycles. The molecular formula is C25H18ClFINO6S2. The number of carbonyl (C=O) groups excluding carboxylic acids is 2. The Labute approximate surface area is 235 Å². The number of aryl methyl sites for hydroxylation is 1. The van der Waals surface area contributed by atoms with Gasteiger partial charge in [-0.15, -0.1) is 0 Å². The van der Waals surface area contributed by atoms with Crippen molar-refractivity contribution in [1.82, 2.24) is 4.90 Å². The number of rotatable bonds is 7. The molecule has 0 spiro atoms. The zero-order valence-electron chi connectivity index (χ0n) is 19.3. The van der Waals surface area contributed by atoms with E-state index in [0.717, 1.165) is 28.3 Å². The number of ether oxygens (including phenoxy) is 1. The van der Waals surface area contributed by atoms with Gasteiger partial charge in [-0.1, -0.05) is 35.4 Å². The Kier molecular flexibility index (Phi) is 8.17. The maximum Gasteiger partial charge on any atom is 0.339 e. The summed E-state index contributed by atoms with van der Waals surface area (Å²) >= 11 is 8.70. The SMILES string of the molecule is COc1cc(/C=C2\SC(=O)N(Cc3ccc(F)cc3Cl)C2=O)cc(I)c1OS(=O)(=O)c1ccc(C)cc1. The van der Waals surface area contributed by atoms with E-state index in [-0.39, 0.29) is 32.9 Å². The molecule has 1 saturated heterocycles. The quantitative estimate of drug-likeness (QED) is 0.163. The molecule has 0 N–H and O–H groups in total. The molecule has 0 atom stereocenters. The average molecular weight is 674 g/mol. The fourth-order valence-electron chi connectivity index (χ4n) is 3.37. The first-order valence-electron chi connectivity index (χ1n) is 10.6. The van der Waals surface area contributed by atoms with Crippen LogP contribution in [0.25, 0.3) is 6.08 Å². The van der Waals surface area contributed by atoms with Crippen LogP contribution in [-0.2, 0) is 21.5 Å². The second-order valence-corrected chi connectivity index (χ2v) is 12.0. The van der Waals surface area contributed by atoms with Crippen LogP contribution < -0.4 is 8.92 Å². The molecule has 3 aromatic carbocycles. The van der Waals surface area contributed by atoms with Crippen molar-refractivity contribution < 1.29 is 31.3 Å². The van der Waals surface area contributed by atoms with Crippen molar-refractivity contribution in [1.29, 1.82) is 0 Å². The van der Waals surface area contributed by atoms with Crippen LogP contribution in [0.2, 0.25) is 5.02 Å². The lowest BCUT2D eigenvalue weighted by Crippen LogP contribution is -2.27. The van der Waals surface area contributed by atoms with Gasteiger partial charge in [0.1, 0.15) is 10.7 Å². The number of thioether (sulfide) groups is 1. The first-order chi connectivity index (χ1) is 17.5. The minimum atomic E-state index is -4.12. The molecule has 7 nitrogen and oxygen atoms in total. The molecule has 0 radical (unpaired) electrons. The van der Waals surface area contributed by atoms with Gasteiger partial charge >= 0.3 is 10.1 Å². The van der Waals surface area contributed by atoms with Crippen LogP contribution in [-0.4, -0.2) is 31.6 Å². The van der Waals surface area contributed by atoms with E-state index in [0.29, 0.717) is 14.7 Å². The molecule has 2 amide bonds. The summed E-state index contributed by atoms with van der Waals surface area (Å²) in [4.78, 5) is 26.6. The van der Waals surface area contributed by atoms with Gasteiger partial charge < -0.3 is 8.92 Å². The minimum Gasteiger partial charge on any atom is -0.493 e. The molecule has 37 heavy (non-hydrogen) atoms. The van der Waals surface area contributed by atoms with Crippen LogP contribution in [0.1, 0.15) is 16.7 Å². The lowest BCUT2D eigenvalue weighted by Gasteiger charge is -2.14. The van der Waals surface area contributed by atoms with E-state index in [4.69, 9.17) is 20.5 Å². The Bertz CT molecular complexity index is 1540. The highest BCUT2D eigenvalue weighted by atomic mass is 127. The number of halogens is 3. The Balaban J connectivity index is 1.60. The second kappa shape index (κ2) is 11.0. The Morgan fingerprint density at radius 3 is 2.46 bits per heavy atom. The van der Waals surface area contributed by atoms with Gasteiger partial charge in [0, 0.05) is 5.02 Å². The lowest BCUT2D eigenvalue weighted by atomic mass is 10.1. The van der Waals surface area contributed by atoms with E-state index in [1.807, 2.05) is 29.5 Å². The van der Waals surface area contributed by atoms with Crippen molar-refractivity contribution in [3.8, 4) is 11.5 Å². The molecule has 0 aliphatic carbocycles. The molecule has 1 fully saturated rings. The van der Waals surface area contributed by atoms with E-state index < -0.39 is 27.1 Å². The summed E-state index contributed by atoms with van der Waals surface area (Å²) in [5.74, 6) is -0.928. The van der Waals surface area contributed by atoms with Gasteiger partial charge in [0.05, 0.1) is 22.1 Å². The summed E-state index contributed by atoms with van der Waals surface area (Å²) < 4.78 is 50.1. The van der Waals surface area contributed by atoms with Gasteiger partial charge in [-0.2, -0.15) is 8.42 Å². The van der Waals surface area contributed by atoms with E-state index in [2.05, 4.69) is 0 Å². The molecule has 1 aliphatic rings. The predicted octanol–water partition coefficient (Wildman–Crippen LogP) is 6.40. The third kappa shape index (κ3) is 6.11. The maximum absolute atomic E-state index is 13.3. The first-order valence-corrected chi connectivity index (χ1v) is 14.2. The summed E-state index contributed by atoms with van der Waals surface area (Å²) in [6.07, 6.45) is 1.50. The van der Waals surface area contributed by atoms with Crippen LogP contribution in [0.4, 0.5) is 9.18 Å². The van der Waals surface area contributed by atoms with E-state index in [9.17, 15) is 22.4 Å². The highest BCUT2D eigenvalue weighted by Crippen LogP contribution is 2.39. The summed E-state index contributed by atoms with van der Waals surface area (Å²) in [5.41, 5.74) is 1.83. The van der Waals surface area contributed by atoms with Gasteiger partial charge in [0.2, 0.25) is 0 Å². The standard InChI is InChI=1S/C25H18ClFINO6S2/c1-14-3-7-18(8-4-14)37(32,33)35-23-20(28)9-15(10-21(23)34-2)11-22-24(30)29(25(31)36-22)13-16-5-6-17(27)12-19(16)26/h3-12H,13H2,1-2H3/b22-11-. The third-order valence-corrected chi connectivity index (χ3v) is 8.57. The molecule has 0 aromatic heterocycles. The highest BCUT2D eigenvalue weighted by molar-refractivity contribution is 14.1. The largest absolute Gasteiger partial charge is 0.493 e. The molecule has 4 rings (SSSR count). The zero-order chi connectivity index (χ0) is 26.9. The van der Waals surface area contributed by atoms with Crippen LogP contribution in [0, 0.1) is 16.3 Å². The zero-order valence-corrected chi connectivity index (χ0v) is 23.9. The molecule has 3 aromatic rings. The highest BCUT2D eigenvalue weighted by Gasteiger charge is 2.35. The first kappa shape index (κ1) is 27.4. The average Bonchev–Trinajstić information content (AvgIpc) is 3.09. The van der Waals surface area contributed by atoms with Crippen molar-refractivity contribution in [2.75, 3.05) is 7.11 Å². The fourth-order valence-corrected chi connectivity index (χ4v) is 6.28. The summed E-state index contributed by atoms with van der Waals surface area (Å²) in [5, 5.41) is -0.388. The monoisotopic (exact) mass is 673 g/mol. The number of benzene rings is 3. The van der Waals surface area contributed by atoms with Crippen molar-refractivity contribution in [3.63, 3.8) is 0 Å². The fraction of sp³-hybridized carbons (Fsp3) is 0.120. The van der Waals surface area contributed by atoms with Crippen LogP contribution >= 0.6 is 46.0 Å². The number of hydrogen-bond donors (Lipinski definition) is 0. The molecular weight excluding hydrogens is 656 g/mol. The molecule has 192 valence electrons. The minimum absolute atomic E-state index is 0.000110. The lowest BCUT2D eigenvalue weighted by molar-refractivity contribution is -0.123. The smallest absolute Gasteiger partial charge is 0.339 e. The number of hydrogen-bond acceptors (Lipinski definition) is 7. The van der Waals surface area contributed by atoms with Crippen molar-refractivity contribution in [3.05, 3.63) is 90.6 Å². The number of amides is 2. The maximum atomic E-state index is 13.3. The molecule has 0 unspecified atom stereocenters. The van der Waals surface area contributed by atoms with Gasteiger partial charge in [-0.25, -0.2) is 4.39 Å². The third-order valence-electron chi connectivity index (χ3n) is 5.27. The number of imide groups is 1. The molecule has 0 bridgehead atoms. The number of nitrogens with zero attached hydrogens (tertiary/aromatic N) is 1. The van der Waals surface area contributed by atoms with Crippen molar-refractivity contribution in [2.24, 2.45) is 0 Å². The molecule has 1 heterocycles. The normalized spacial score (nSPS) is 14.9. The van der Waals surface area contributed by atoms with Crippen LogP contribution in [0.3, 0.4) is 0 Å². The van der Waals surface area contributed by atoms with Crippen LogP contribution in [0.5, 0.6) is 11.5 Å². The van der Waals surface area contributed by atoms with Gasteiger partial charge in [0.25, 0.3) is 11.1 Å². The Morgan fingerprint density at radius 1 is 1.11 bits per heavy atom. The second-order valence-electron chi connectivity index (χ2n) is 7.89. The summed E-state index contributed by atoms with van der Waals surface area (Å²) in [6.45, 7) is 1.74. The van der Waals surface area contributed by atoms with Crippen molar-refractivity contribution >= 4 is 73.3 Å². The van der Waals surface area contributed by atoms with E-state index in [1.54, 1.807) is 18.2 Å². The molecule has 12 heteroatoms. The number of methoxy groups -OCH3 is 1. The summed E-state index contributed by atoms with van der Waals surface area (Å²) in [6, 6.07) is 13.1. The summed E-state index contributed by atoms with van der Waals surface area (Å²) in [7, 11) is -2.76. The van der Waals surface area contributed by atoms with Gasteiger partial charge in [-0.05, 0) is 94.9 Å². The number of carbonyl (C=O) groups is 2. The van der Waals surface area contributed by atoms with Crippen LogP contribution in [0.15, 0.2) is 64.4 Å². The topological polar surface area (TPSA) is 90.0 Å². The van der Waals surface area contributed by atoms with E-state index in [1.165, 1.54) is 43.5 Å². The van der Waals surface area contributed by atoms with Crippen molar-refractivity contribution in [2.45, 2.75) is 18.4 Å². The molecule has 1 aliphatic heterocycles. The Hall–Kier alpha value is -2.61. The Morgan fingerprint density at radius 2 is 1.81 bits per heavy atom. The van der Waals surface area contributed by atoms with E-state index >= 15 is 0 Å². The van der Waals surface area contributed by atoms with Gasteiger partial charge in [0.15, 0.2) is 11.5 Å². The predicted molar refractivity (Wildman–Crippen MR) is 148 cm³/mol.